The number of nitrogens with one attached hydrogen (secondary N) is 2. The Bertz CT molecular complexity index is 537. The van der Waals surface area contributed by atoms with Gasteiger partial charge in [0, 0.05) is 18.2 Å². The van der Waals surface area contributed by atoms with Gasteiger partial charge < -0.3 is 10.6 Å². The molecule has 0 fully saturated rings. The van der Waals surface area contributed by atoms with E-state index in [0.717, 1.165) is 6.54 Å². The molecule has 0 aromatic heterocycles. The maximum absolute atomic E-state index is 13.7. The van der Waals surface area contributed by atoms with Gasteiger partial charge in [-0.3, -0.25) is 0 Å². The lowest BCUT2D eigenvalue weighted by molar-refractivity contribution is 0.481. The molecular formula is C16H24FIN4. The zero-order chi connectivity index (χ0) is 15.8. The summed E-state index contributed by atoms with van der Waals surface area (Å²) in [5.41, 5.74) is 0.860. The second-order valence-electron chi connectivity index (χ2n) is 5.29. The van der Waals surface area contributed by atoms with Crippen molar-refractivity contribution in [3.63, 3.8) is 0 Å². The highest BCUT2D eigenvalue weighted by Gasteiger charge is 2.09. The third kappa shape index (κ3) is 6.60. The minimum absolute atomic E-state index is 0. The Labute approximate surface area is 149 Å². The fraction of sp³-hybridized carbons (Fsp3) is 0.500. The number of rotatable bonds is 5. The molecule has 0 saturated heterocycles. The maximum Gasteiger partial charge on any atom is 0.191 e. The molecule has 4 nitrogen and oxygen atoms in total. The summed E-state index contributed by atoms with van der Waals surface area (Å²) in [6.07, 6.45) is 0. The van der Waals surface area contributed by atoms with Gasteiger partial charge >= 0.3 is 0 Å². The third-order valence-electron chi connectivity index (χ3n) is 3.29. The normalized spacial score (nSPS) is 12.3. The monoisotopic (exact) mass is 418 g/mol. The molecule has 1 atom stereocenters. The molecule has 22 heavy (non-hydrogen) atoms. The summed E-state index contributed by atoms with van der Waals surface area (Å²) in [7, 11) is 0. The first kappa shape index (κ1) is 20.6. The van der Waals surface area contributed by atoms with E-state index in [1.165, 1.54) is 18.2 Å². The lowest BCUT2D eigenvalue weighted by Gasteiger charge is -2.20. The molecule has 6 heteroatoms. The Hall–Kier alpha value is -1.36. The zero-order valence-corrected chi connectivity index (χ0v) is 15.8. The number of nitriles is 1. The molecule has 0 spiro atoms. The number of guanidine groups is 1. The third-order valence-corrected chi connectivity index (χ3v) is 3.29. The largest absolute Gasteiger partial charge is 0.357 e. The van der Waals surface area contributed by atoms with E-state index in [4.69, 9.17) is 5.26 Å². The summed E-state index contributed by atoms with van der Waals surface area (Å²) in [6.45, 7) is 9.23. The molecule has 1 aromatic carbocycles. The first-order chi connectivity index (χ1) is 9.97. The van der Waals surface area contributed by atoms with E-state index >= 15 is 0 Å². The molecule has 0 aliphatic carbocycles. The molecule has 0 saturated carbocycles. The van der Waals surface area contributed by atoms with Crippen molar-refractivity contribution in [1.29, 1.82) is 5.26 Å². The van der Waals surface area contributed by atoms with Gasteiger partial charge in [0.15, 0.2) is 5.96 Å². The lowest BCUT2D eigenvalue weighted by Crippen LogP contribution is -2.44. The molecule has 0 aliphatic rings. The Kier molecular flexibility index (Phi) is 9.74. The van der Waals surface area contributed by atoms with Crippen LogP contribution in [-0.4, -0.2) is 18.5 Å². The van der Waals surface area contributed by atoms with Crippen molar-refractivity contribution in [3.8, 4) is 6.07 Å². The summed E-state index contributed by atoms with van der Waals surface area (Å²) >= 11 is 0. The van der Waals surface area contributed by atoms with Gasteiger partial charge in [0.25, 0.3) is 0 Å². The van der Waals surface area contributed by atoms with Crippen molar-refractivity contribution in [3.05, 3.63) is 35.1 Å². The fourth-order valence-electron chi connectivity index (χ4n) is 1.63. The van der Waals surface area contributed by atoms with Crippen LogP contribution in [0, 0.1) is 23.1 Å². The predicted octanol–water partition coefficient (Wildman–Crippen LogP) is 3.41. The summed E-state index contributed by atoms with van der Waals surface area (Å²) in [5, 5.41) is 15.3. The highest BCUT2D eigenvalue weighted by molar-refractivity contribution is 14.0. The van der Waals surface area contributed by atoms with E-state index in [1.807, 2.05) is 13.0 Å². The summed E-state index contributed by atoms with van der Waals surface area (Å²) < 4.78 is 13.7. The van der Waals surface area contributed by atoms with Crippen molar-refractivity contribution in [2.75, 3.05) is 6.54 Å². The number of hydrogen-bond acceptors (Lipinski definition) is 2. The van der Waals surface area contributed by atoms with Crippen LogP contribution in [0.1, 0.15) is 38.8 Å². The number of aliphatic imine (C=N–C) groups is 1. The van der Waals surface area contributed by atoms with Crippen molar-refractivity contribution in [2.45, 2.75) is 40.3 Å². The molecule has 0 bridgehead atoms. The molecule has 1 rings (SSSR count). The molecule has 0 amide bonds. The average molecular weight is 418 g/mol. The summed E-state index contributed by atoms with van der Waals surface area (Å²) in [4.78, 5) is 4.39. The molecule has 0 radical (unpaired) electrons. The minimum atomic E-state index is -0.342. The number of benzene rings is 1. The second kappa shape index (κ2) is 10.4. The maximum atomic E-state index is 13.7. The second-order valence-corrected chi connectivity index (χ2v) is 5.29. The molecule has 0 aliphatic heterocycles. The van der Waals surface area contributed by atoms with E-state index in [1.54, 1.807) is 0 Å². The number of hydrogen-bond donors (Lipinski definition) is 2. The van der Waals surface area contributed by atoms with Crippen LogP contribution in [0.25, 0.3) is 0 Å². The lowest BCUT2D eigenvalue weighted by atomic mass is 10.1. The molecular weight excluding hydrogens is 394 g/mol. The van der Waals surface area contributed by atoms with Gasteiger partial charge in [0.1, 0.15) is 5.82 Å². The van der Waals surface area contributed by atoms with Gasteiger partial charge in [-0.1, -0.05) is 13.8 Å². The van der Waals surface area contributed by atoms with Gasteiger partial charge in [-0.2, -0.15) is 5.26 Å². The SMILES string of the molecule is CCNC(=NCc1cc(C#N)ccc1F)NC(C)C(C)C.I. The van der Waals surface area contributed by atoms with Gasteiger partial charge in [0.05, 0.1) is 18.2 Å². The van der Waals surface area contributed by atoms with E-state index in [2.05, 4.69) is 36.4 Å². The van der Waals surface area contributed by atoms with Gasteiger partial charge in [-0.25, -0.2) is 9.38 Å². The minimum Gasteiger partial charge on any atom is -0.357 e. The highest BCUT2D eigenvalue weighted by Crippen LogP contribution is 2.11. The van der Waals surface area contributed by atoms with Crippen LogP contribution in [0.3, 0.4) is 0 Å². The van der Waals surface area contributed by atoms with Crippen LogP contribution in [0.2, 0.25) is 0 Å². The van der Waals surface area contributed by atoms with Gasteiger partial charge in [0.2, 0.25) is 0 Å². The Morgan fingerprint density at radius 1 is 1.36 bits per heavy atom. The Morgan fingerprint density at radius 2 is 2.05 bits per heavy atom. The van der Waals surface area contributed by atoms with Crippen LogP contribution in [0.4, 0.5) is 4.39 Å². The van der Waals surface area contributed by atoms with Gasteiger partial charge in [-0.05, 0) is 38.0 Å². The van der Waals surface area contributed by atoms with Crippen LogP contribution in [0.5, 0.6) is 0 Å². The van der Waals surface area contributed by atoms with Crippen LogP contribution >= 0.6 is 24.0 Å². The van der Waals surface area contributed by atoms with Crippen molar-refractivity contribution in [1.82, 2.24) is 10.6 Å². The molecule has 2 N–H and O–H groups in total. The van der Waals surface area contributed by atoms with E-state index in [0.29, 0.717) is 23.0 Å². The van der Waals surface area contributed by atoms with Crippen molar-refractivity contribution < 1.29 is 4.39 Å². The summed E-state index contributed by atoms with van der Waals surface area (Å²) in [5.74, 6) is 0.776. The standard InChI is InChI=1S/C16H23FN4.HI/c1-5-19-16(21-12(4)11(2)3)20-10-14-8-13(9-18)6-7-15(14)17;/h6-8,11-12H,5,10H2,1-4H3,(H2,19,20,21);1H. The van der Waals surface area contributed by atoms with Gasteiger partial charge in [-0.15, -0.1) is 24.0 Å². The first-order valence-electron chi connectivity index (χ1n) is 7.21. The smallest absolute Gasteiger partial charge is 0.191 e. The molecule has 1 unspecified atom stereocenters. The molecule has 0 heterocycles. The highest BCUT2D eigenvalue weighted by atomic mass is 127. The molecule has 122 valence electrons. The fourth-order valence-corrected chi connectivity index (χ4v) is 1.63. The summed E-state index contributed by atoms with van der Waals surface area (Å²) in [6, 6.07) is 6.58. The van der Waals surface area contributed by atoms with E-state index < -0.39 is 0 Å². The Morgan fingerprint density at radius 3 is 2.59 bits per heavy atom. The van der Waals surface area contributed by atoms with Crippen LogP contribution < -0.4 is 10.6 Å². The quantitative estimate of drug-likeness (QED) is 0.438. The van der Waals surface area contributed by atoms with Crippen molar-refractivity contribution >= 4 is 29.9 Å². The zero-order valence-electron chi connectivity index (χ0n) is 13.5. The van der Waals surface area contributed by atoms with Crippen LogP contribution in [0.15, 0.2) is 23.2 Å². The topological polar surface area (TPSA) is 60.2 Å². The number of nitrogens with zero attached hydrogens (tertiary/aromatic N) is 2. The van der Waals surface area contributed by atoms with E-state index in [9.17, 15) is 4.39 Å². The number of halogens is 2. The van der Waals surface area contributed by atoms with Crippen molar-refractivity contribution in [2.24, 2.45) is 10.9 Å². The van der Waals surface area contributed by atoms with Crippen LogP contribution in [-0.2, 0) is 6.54 Å². The first-order valence-corrected chi connectivity index (χ1v) is 7.21. The average Bonchev–Trinajstić information content (AvgIpc) is 2.46. The molecule has 1 aromatic rings. The van der Waals surface area contributed by atoms with E-state index in [-0.39, 0.29) is 42.4 Å². The predicted molar refractivity (Wildman–Crippen MR) is 98.8 cm³/mol. The Balaban J connectivity index is 0.00000441.